The molecule has 7 nitrogen and oxygen atoms in total. The maximum absolute atomic E-state index is 13.5. The highest BCUT2D eigenvalue weighted by atomic mass is 35.5. The quantitative estimate of drug-likeness (QED) is 0.171. The molecule has 5 rings (SSSR count). The van der Waals surface area contributed by atoms with Gasteiger partial charge in [-0.15, -0.1) is 0 Å². The highest BCUT2D eigenvalue weighted by molar-refractivity contribution is 7.70. The molecule has 9 heteroatoms. The van der Waals surface area contributed by atoms with Gasteiger partial charge in [0, 0.05) is 30.9 Å². The Labute approximate surface area is 242 Å². The van der Waals surface area contributed by atoms with Gasteiger partial charge in [0.15, 0.2) is 11.5 Å². The van der Waals surface area contributed by atoms with Crippen molar-refractivity contribution in [3.8, 4) is 0 Å². The van der Waals surface area contributed by atoms with Crippen LogP contribution < -0.4 is 20.2 Å². The van der Waals surface area contributed by atoms with E-state index in [2.05, 4.69) is 40.8 Å². The number of hydrogen-bond acceptors (Lipinski definition) is 6. The lowest BCUT2D eigenvalue weighted by Crippen LogP contribution is -2.47. The topological polar surface area (TPSA) is 81.2 Å². The van der Waals surface area contributed by atoms with Crippen molar-refractivity contribution >= 4 is 46.9 Å². The average Bonchev–Trinajstić information content (AvgIpc) is 2.90. The second-order valence-corrected chi connectivity index (χ2v) is 15.7. The van der Waals surface area contributed by atoms with Crippen molar-refractivity contribution in [3.05, 3.63) is 83.1 Å². The predicted octanol–water partition coefficient (Wildman–Crippen LogP) is 7.31. The van der Waals surface area contributed by atoms with Gasteiger partial charge in [-0.3, -0.25) is 0 Å². The zero-order chi connectivity index (χ0) is 28.7. The number of anilines is 3. The van der Waals surface area contributed by atoms with E-state index >= 15 is 0 Å². The molecule has 212 valence electrons. The maximum Gasteiger partial charge on any atom is 0.161 e. The van der Waals surface area contributed by atoms with E-state index in [1.807, 2.05) is 30.3 Å². The average molecular weight is 580 g/mol. The first-order valence-corrected chi connectivity index (χ1v) is 16.9. The summed E-state index contributed by atoms with van der Waals surface area (Å²) in [6.07, 6.45) is 8.45. The Morgan fingerprint density at radius 1 is 1.23 bits per heavy atom. The van der Waals surface area contributed by atoms with E-state index in [9.17, 15) is 9.77 Å². The monoisotopic (exact) mass is 579 g/mol. The lowest BCUT2D eigenvalue weighted by Gasteiger charge is -2.52. The van der Waals surface area contributed by atoms with Crippen LogP contribution in [0, 0.1) is 16.5 Å². The summed E-state index contributed by atoms with van der Waals surface area (Å²) in [7, 11) is -0.899. The SMILES string of the molecule is C=C[N+](C)([O-])c1cc(Cc2ncc(Cl)c(Nc3ccccc3P(C)(C)=O)n2)ccc1N1CCC2(CC1)CC(C)C2. The Morgan fingerprint density at radius 2 is 1.93 bits per heavy atom. The summed E-state index contributed by atoms with van der Waals surface area (Å²) in [5, 5.41) is 17.9. The fourth-order valence-corrected chi connectivity index (χ4v) is 7.68. The molecular weight excluding hydrogens is 541 g/mol. The molecule has 0 amide bonds. The van der Waals surface area contributed by atoms with Gasteiger partial charge in [0.25, 0.3) is 0 Å². The molecule has 2 aromatic carbocycles. The Kier molecular flexibility index (Phi) is 7.88. The molecule has 2 aliphatic rings. The van der Waals surface area contributed by atoms with Crippen molar-refractivity contribution in [1.29, 1.82) is 0 Å². The van der Waals surface area contributed by atoms with Crippen molar-refractivity contribution in [1.82, 2.24) is 14.6 Å². The Morgan fingerprint density at radius 3 is 2.58 bits per heavy atom. The van der Waals surface area contributed by atoms with E-state index in [0.29, 0.717) is 39.9 Å². The van der Waals surface area contributed by atoms with Crippen LogP contribution in [0.3, 0.4) is 0 Å². The lowest BCUT2D eigenvalue weighted by atomic mass is 9.58. The summed E-state index contributed by atoms with van der Waals surface area (Å²) in [5.41, 5.74) is 3.80. The van der Waals surface area contributed by atoms with Crippen LogP contribution in [-0.4, -0.2) is 43.4 Å². The summed E-state index contributed by atoms with van der Waals surface area (Å²) >= 11 is 6.45. The molecule has 40 heavy (non-hydrogen) atoms. The van der Waals surface area contributed by atoms with E-state index in [0.717, 1.165) is 35.6 Å². The number of aromatic nitrogens is 2. The first kappa shape index (κ1) is 28.8. The van der Waals surface area contributed by atoms with Gasteiger partial charge in [-0.25, -0.2) is 9.97 Å². The molecule has 1 spiro atoms. The predicted molar refractivity (Wildman–Crippen MR) is 169 cm³/mol. The summed E-state index contributed by atoms with van der Waals surface area (Å²) < 4.78 is 12.2. The van der Waals surface area contributed by atoms with E-state index in [-0.39, 0.29) is 0 Å². The van der Waals surface area contributed by atoms with Gasteiger partial charge < -0.3 is 24.6 Å². The van der Waals surface area contributed by atoms with E-state index in [4.69, 9.17) is 16.6 Å². The van der Waals surface area contributed by atoms with Crippen LogP contribution >= 0.6 is 18.7 Å². The molecule has 3 aromatic rings. The Bertz CT molecular complexity index is 1450. The van der Waals surface area contributed by atoms with Crippen molar-refractivity contribution < 1.29 is 4.57 Å². The van der Waals surface area contributed by atoms with Crippen LogP contribution in [0.5, 0.6) is 0 Å². The van der Waals surface area contributed by atoms with E-state index in [1.165, 1.54) is 31.9 Å². The van der Waals surface area contributed by atoms with Gasteiger partial charge in [0.1, 0.15) is 18.0 Å². The fourth-order valence-electron chi connectivity index (χ4n) is 6.38. The van der Waals surface area contributed by atoms with Gasteiger partial charge in [-0.05, 0) is 80.7 Å². The molecule has 0 bridgehead atoms. The number of hydroxylamine groups is 2. The van der Waals surface area contributed by atoms with Crippen LogP contribution in [0.1, 0.15) is 44.0 Å². The van der Waals surface area contributed by atoms with E-state index in [1.54, 1.807) is 26.6 Å². The smallest absolute Gasteiger partial charge is 0.161 e. The zero-order valence-corrected chi connectivity index (χ0v) is 25.5. The summed E-state index contributed by atoms with van der Waals surface area (Å²) in [5.74, 6) is 1.86. The molecular formula is C31H39ClN5O2P. The standard InChI is InChI=1S/C31H39ClN5O2P/c1-6-37(3,38)27-17-23(11-12-26(27)36-15-13-31(14-16-36)19-22(2)20-31)18-29-33-21-24(32)30(35-29)34-25-9-7-8-10-28(25)40(4,5)39/h6-12,17,21-22H,1,13-16,18-20H2,2-5H3,(H,33,34,35). The summed E-state index contributed by atoms with van der Waals surface area (Å²) in [4.78, 5) is 11.5. The molecule has 1 aromatic heterocycles. The fraction of sp³-hybridized carbons (Fsp3) is 0.419. The molecule has 0 radical (unpaired) electrons. The molecule has 1 unspecified atom stereocenters. The van der Waals surface area contributed by atoms with Gasteiger partial charge >= 0.3 is 0 Å². The van der Waals surface area contributed by atoms with Crippen LogP contribution in [-0.2, 0) is 11.0 Å². The number of nitrogens with zero attached hydrogens (tertiary/aromatic N) is 4. The number of quaternary nitrogens is 1. The molecule has 1 saturated carbocycles. The van der Waals surface area contributed by atoms with Crippen LogP contribution in [0.15, 0.2) is 61.4 Å². The second kappa shape index (κ2) is 10.9. The minimum absolute atomic E-state index is 0.371. The summed E-state index contributed by atoms with van der Waals surface area (Å²) in [6.45, 7) is 11.6. The van der Waals surface area contributed by atoms with Crippen LogP contribution in [0.4, 0.5) is 22.9 Å². The van der Waals surface area contributed by atoms with Crippen molar-refractivity contribution in [2.75, 3.05) is 43.7 Å². The number of piperidine rings is 1. The number of benzene rings is 2. The van der Waals surface area contributed by atoms with Gasteiger partial charge in [-0.1, -0.05) is 36.7 Å². The first-order valence-electron chi connectivity index (χ1n) is 13.9. The minimum atomic E-state index is -2.52. The number of para-hydroxylation sites is 1. The number of halogens is 1. The zero-order valence-electron chi connectivity index (χ0n) is 23.9. The third-order valence-electron chi connectivity index (χ3n) is 8.49. The van der Waals surface area contributed by atoms with Gasteiger partial charge in [0.2, 0.25) is 0 Å². The molecule has 1 saturated heterocycles. The molecule has 1 N–H and O–H groups in total. The van der Waals surface area contributed by atoms with Crippen molar-refractivity contribution in [2.24, 2.45) is 11.3 Å². The Hall–Kier alpha value is -2.70. The van der Waals surface area contributed by atoms with Crippen LogP contribution in [0.2, 0.25) is 5.02 Å². The Balaban J connectivity index is 1.39. The van der Waals surface area contributed by atoms with Crippen LogP contribution in [0.25, 0.3) is 0 Å². The first-order chi connectivity index (χ1) is 18.9. The number of hydrogen-bond donors (Lipinski definition) is 1. The minimum Gasteiger partial charge on any atom is -0.622 e. The molecule has 1 aliphatic heterocycles. The molecule has 2 fully saturated rings. The third-order valence-corrected chi connectivity index (χ3v) is 10.3. The van der Waals surface area contributed by atoms with E-state index < -0.39 is 11.8 Å². The highest BCUT2D eigenvalue weighted by Crippen LogP contribution is 2.53. The largest absolute Gasteiger partial charge is 0.622 e. The molecule has 1 atom stereocenters. The highest BCUT2D eigenvalue weighted by Gasteiger charge is 2.44. The van der Waals surface area contributed by atoms with Crippen molar-refractivity contribution in [2.45, 2.75) is 39.0 Å². The second-order valence-electron chi connectivity index (χ2n) is 12.1. The number of nitrogens with one attached hydrogen (secondary N) is 1. The van der Waals surface area contributed by atoms with Gasteiger partial charge in [-0.2, -0.15) is 0 Å². The normalized spacial score (nSPS) is 18.7. The summed E-state index contributed by atoms with van der Waals surface area (Å²) in [6, 6.07) is 13.6. The lowest BCUT2D eigenvalue weighted by molar-refractivity contribution is 0.0382. The maximum atomic E-state index is 13.5. The van der Waals surface area contributed by atoms with Gasteiger partial charge in [0.05, 0.1) is 30.8 Å². The number of rotatable bonds is 8. The van der Waals surface area contributed by atoms with Crippen molar-refractivity contribution in [3.63, 3.8) is 0 Å². The molecule has 2 heterocycles. The third kappa shape index (κ3) is 5.99. The molecule has 1 aliphatic carbocycles.